The molecule has 0 aromatic heterocycles. The van der Waals surface area contributed by atoms with Crippen molar-refractivity contribution in [3.8, 4) is 0 Å². The Morgan fingerprint density at radius 2 is 1.20 bits per heavy atom. The fraction of sp³-hybridized carbons (Fsp3) is 0.133. The van der Waals surface area contributed by atoms with Gasteiger partial charge in [0.25, 0.3) is 0 Å². The molecule has 2 rings (SSSR count). The van der Waals surface area contributed by atoms with Crippen molar-refractivity contribution in [3.05, 3.63) is 67.6 Å². The van der Waals surface area contributed by atoms with Gasteiger partial charge in [-0.1, -0.05) is 31.9 Å². The van der Waals surface area contributed by atoms with Crippen LogP contribution in [0.25, 0.3) is 0 Å². The van der Waals surface area contributed by atoms with Crippen LogP contribution >= 0.6 is 31.9 Å². The Kier molecular flexibility index (Phi) is 5.10. The molecular weight excluding hydrogens is 384 g/mol. The number of halogens is 2. The number of nitrogens with two attached hydrogens (primary N) is 2. The molecule has 0 saturated heterocycles. The van der Waals surface area contributed by atoms with Gasteiger partial charge < -0.3 is 11.5 Å². The number of hydrogen-bond donors (Lipinski definition) is 2. The number of rotatable bonds is 4. The van der Waals surface area contributed by atoms with Crippen LogP contribution in [0.5, 0.6) is 0 Å². The van der Waals surface area contributed by atoms with Crippen LogP contribution in [0.15, 0.2) is 45.3 Å². The molecule has 104 valence electrons. The Balaban J connectivity index is 2.45. The number of carbonyl (C=O) groups is 1. The fourth-order valence-electron chi connectivity index (χ4n) is 1.97. The second-order valence-corrected chi connectivity index (χ2v) is 6.27. The van der Waals surface area contributed by atoms with Gasteiger partial charge >= 0.3 is 0 Å². The first-order valence-corrected chi connectivity index (χ1v) is 7.66. The summed E-state index contributed by atoms with van der Waals surface area (Å²) in [5.74, 6) is -0.0444. The Labute approximate surface area is 134 Å². The fourth-order valence-corrected chi connectivity index (χ4v) is 3.05. The SMILES string of the molecule is NCc1cc(Br)cc(C(=O)c2cc(Br)cc(CN)c2)c1. The second-order valence-electron chi connectivity index (χ2n) is 4.43. The second kappa shape index (κ2) is 6.63. The van der Waals surface area contributed by atoms with Gasteiger partial charge in [-0.3, -0.25) is 4.79 Å². The highest BCUT2D eigenvalue weighted by atomic mass is 79.9. The Bertz CT molecular complexity index is 601. The molecule has 0 amide bonds. The number of benzene rings is 2. The summed E-state index contributed by atoms with van der Waals surface area (Å²) in [7, 11) is 0. The first-order chi connectivity index (χ1) is 9.53. The zero-order valence-corrected chi connectivity index (χ0v) is 13.9. The van der Waals surface area contributed by atoms with Crippen LogP contribution in [-0.2, 0) is 13.1 Å². The zero-order valence-electron chi connectivity index (χ0n) is 10.7. The van der Waals surface area contributed by atoms with Crippen molar-refractivity contribution >= 4 is 37.6 Å². The van der Waals surface area contributed by atoms with Crippen molar-refractivity contribution in [2.45, 2.75) is 13.1 Å². The van der Waals surface area contributed by atoms with E-state index in [0.29, 0.717) is 24.2 Å². The van der Waals surface area contributed by atoms with Gasteiger partial charge in [0.2, 0.25) is 0 Å². The normalized spacial score (nSPS) is 10.6. The van der Waals surface area contributed by atoms with Crippen LogP contribution in [0.4, 0.5) is 0 Å². The van der Waals surface area contributed by atoms with E-state index in [1.54, 1.807) is 12.1 Å². The summed E-state index contributed by atoms with van der Waals surface area (Å²) in [4.78, 5) is 12.6. The van der Waals surface area contributed by atoms with Crippen LogP contribution in [0, 0.1) is 0 Å². The maximum absolute atomic E-state index is 12.6. The molecular formula is C15H14Br2N2O. The van der Waals surface area contributed by atoms with E-state index in [2.05, 4.69) is 31.9 Å². The van der Waals surface area contributed by atoms with Crippen LogP contribution in [0.3, 0.4) is 0 Å². The van der Waals surface area contributed by atoms with E-state index in [4.69, 9.17) is 11.5 Å². The minimum absolute atomic E-state index is 0.0444. The molecule has 0 aliphatic rings. The van der Waals surface area contributed by atoms with Crippen LogP contribution in [0.1, 0.15) is 27.0 Å². The molecule has 0 bridgehead atoms. The molecule has 0 atom stereocenters. The van der Waals surface area contributed by atoms with E-state index >= 15 is 0 Å². The molecule has 4 N–H and O–H groups in total. The largest absolute Gasteiger partial charge is 0.326 e. The van der Waals surface area contributed by atoms with Gasteiger partial charge in [0.15, 0.2) is 5.78 Å². The molecule has 5 heteroatoms. The molecule has 0 aliphatic heterocycles. The van der Waals surface area contributed by atoms with Gasteiger partial charge in [0.1, 0.15) is 0 Å². The molecule has 0 saturated carbocycles. The molecule has 0 radical (unpaired) electrons. The lowest BCUT2D eigenvalue weighted by atomic mass is 10.00. The Hall–Kier alpha value is -1.01. The van der Waals surface area contributed by atoms with Crippen molar-refractivity contribution < 1.29 is 4.79 Å². The van der Waals surface area contributed by atoms with Crippen molar-refractivity contribution in [2.75, 3.05) is 0 Å². The molecule has 0 unspecified atom stereocenters. The predicted molar refractivity (Wildman–Crippen MR) is 87.5 cm³/mol. The topological polar surface area (TPSA) is 69.1 Å². The lowest BCUT2D eigenvalue weighted by Gasteiger charge is -2.07. The van der Waals surface area contributed by atoms with Gasteiger partial charge in [0, 0.05) is 33.2 Å². The highest BCUT2D eigenvalue weighted by Gasteiger charge is 2.12. The lowest BCUT2D eigenvalue weighted by Crippen LogP contribution is -2.06. The minimum Gasteiger partial charge on any atom is -0.326 e. The third-order valence-electron chi connectivity index (χ3n) is 2.91. The number of ketones is 1. The number of hydrogen-bond acceptors (Lipinski definition) is 3. The molecule has 20 heavy (non-hydrogen) atoms. The smallest absolute Gasteiger partial charge is 0.193 e. The summed E-state index contributed by atoms with van der Waals surface area (Å²) < 4.78 is 1.69. The average Bonchev–Trinajstić information content (AvgIpc) is 2.44. The Morgan fingerprint density at radius 3 is 1.55 bits per heavy atom. The van der Waals surface area contributed by atoms with E-state index in [1.807, 2.05) is 24.3 Å². The van der Waals surface area contributed by atoms with Crippen LogP contribution in [-0.4, -0.2) is 5.78 Å². The molecule has 2 aromatic carbocycles. The first-order valence-electron chi connectivity index (χ1n) is 6.07. The molecule has 3 nitrogen and oxygen atoms in total. The van der Waals surface area contributed by atoms with Crippen molar-refractivity contribution in [2.24, 2.45) is 11.5 Å². The summed E-state index contributed by atoms with van der Waals surface area (Å²) in [5.41, 5.74) is 14.3. The summed E-state index contributed by atoms with van der Waals surface area (Å²) in [6.45, 7) is 0.790. The summed E-state index contributed by atoms with van der Waals surface area (Å²) >= 11 is 6.80. The molecule has 0 spiro atoms. The molecule has 0 aliphatic carbocycles. The highest BCUT2D eigenvalue weighted by molar-refractivity contribution is 9.10. The lowest BCUT2D eigenvalue weighted by molar-refractivity contribution is 0.103. The Morgan fingerprint density at radius 1 is 0.800 bits per heavy atom. The highest BCUT2D eigenvalue weighted by Crippen LogP contribution is 2.21. The van der Waals surface area contributed by atoms with Crippen molar-refractivity contribution in [1.82, 2.24) is 0 Å². The third kappa shape index (κ3) is 3.55. The van der Waals surface area contributed by atoms with Gasteiger partial charge in [0.05, 0.1) is 0 Å². The standard InChI is InChI=1S/C15H14Br2N2O/c16-13-3-9(7-18)1-11(5-13)15(20)12-2-10(8-19)4-14(17)6-12/h1-6H,7-8,18-19H2. The van der Waals surface area contributed by atoms with E-state index in [9.17, 15) is 4.79 Å². The molecule has 0 heterocycles. The van der Waals surface area contributed by atoms with Crippen LogP contribution < -0.4 is 11.5 Å². The average molecular weight is 398 g/mol. The quantitative estimate of drug-likeness (QED) is 0.777. The number of carbonyl (C=O) groups excluding carboxylic acids is 1. The van der Waals surface area contributed by atoms with Crippen LogP contribution in [0.2, 0.25) is 0 Å². The van der Waals surface area contributed by atoms with E-state index in [0.717, 1.165) is 20.1 Å². The third-order valence-corrected chi connectivity index (χ3v) is 3.83. The van der Waals surface area contributed by atoms with E-state index in [1.165, 1.54) is 0 Å². The first kappa shape index (κ1) is 15.4. The molecule has 2 aromatic rings. The van der Waals surface area contributed by atoms with Crippen molar-refractivity contribution in [3.63, 3.8) is 0 Å². The maximum atomic E-state index is 12.6. The van der Waals surface area contributed by atoms with Crippen molar-refractivity contribution in [1.29, 1.82) is 0 Å². The van der Waals surface area contributed by atoms with E-state index < -0.39 is 0 Å². The van der Waals surface area contributed by atoms with Gasteiger partial charge in [-0.15, -0.1) is 0 Å². The summed E-state index contributed by atoms with van der Waals surface area (Å²) in [6, 6.07) is 11.0. The monoisotopic (exact) mass is 396 g/mol. The predicted octanol–water partition coefficient (Wildman–Crippen LogP) is 3.36. The van der Waals surface area contributed by atoms with Gasteiger partial charge in [-0.25, -0.2) is 0 Å². The summed E-state index contributed by atoms with van der Waals surface area (Å²) in [5, 5.41) is 0. The maximum Gasteiger partial charge on any atom is 0.193 e. The van der Waals surface area contributed by atoms with E-state index in [-0.39, 0.29) is 5.78 Å². The minimum atomic E-state index is -0.0444. The molecule has 0 fully saturated rings. The zero-order chi connectivity index (χ0) is 14.7. The van der Waals surface area contributed by atoms with Gasteiger partial charge in [-0.05, 0) is 47.5 Å². The van der Waals surface area contributed by atoms with Gasteiger partial charge in [-0.2, -0.15) is 0 Å². The summed E-state index contributed by atoms with van der Waals surface area (Å²) in [6.07, 6.45) is 0.